The van der Waals surface area contributed by atoms with Crippen LogP contribution in [-0.4, -0.2) is 38.5 Å². The number of nitrogens with zero attached hydrogens (tertiary/aromatic N) is 4. The number of para-hydroxylation sites is 2. The average molecular weight is 405 g/mol. The van der Waals surface area contributed by atoms with Crippen LogP contribution in [0.1, 0.15) is 11.1 Å². The molecule has 0 radical (unpaired) electrons. The molecule has 0 aliphatic heterocycles. The number of carbonyl (C=O) groups excluding carboxylic acids is 1. The first kappa shape index (κ1) is 19.7. The van der Waals surface area contributed by atoms with Gasteiger partial charge in [-0.15, -0.1) is 5.10 Å². The number of rotatable bonds is 7. The molecular weight excluding hydrogens is 388 g/mol. The molecule has 0 saturated carbocycles. The number of carbonyl (C=O) groups is 1. The second kappa shape index (κ2) is 8.79. The van der Waals surface area contributed by atoms with Gasteiger partial charge < -0.3 is 10.1 Å². The fraction of sp³-hybridized carbons (Fsp3) is 0.222. The zero-order valence-corrected chi connectivity index (χ0v) is 15.9. The van der Waals surface area contributed by atoms with E-state index in [1.165, 1.54) is 12.1 Å². The molecule has 0 atom stereocenters. The number of hydrogen-bond acceptors (Lipinski definition) is 6. The van der Waals surface area contributed by atoms with E-state index in [0.717, 1.165) is 28.6 Å². The Morgan fingerprint density at radius 3 is 2.79 bits per heavy atom. The quantitative estimate of drug-likeness (QED) is 0.605. The van der Waals surface area contributed by atoms with Crippen molar-refractivity contribution in [2.45, 2.75) is 25.6 Å². The molecule has 1 amide bonds. The Morgan fingerprint density at radius 1 is 1.21 bits per heavy atom. The lowest BCUT2D eigenvalue weighted by molar-refractivity contribution is -0.113. The molecule has 1 aromatic heterocycles. The molecule has 146 valence electrons. The van der Waals surface area contributed by atoms with E-state index in [1.54, 1.807) is 16.8 Å². The fourth-order valence-electron chi connectivity index (χ4n) is 2.47. The Balaban J connectivity index is 1.69. The first-order valence-electron chi connectivity index (χ1n) is 8.27. The van der Waals surface area contributed by atoms with E-state index in [0.29, 0.717) is 5.16 Å². The van der Waals surface area contributed by atoms with Crippen LogP contribution >= 0.6 is 11.8 Å². The molecule has 3 rings (SSSR count). The highest BCUT2D eigenvalue weighted by Gasteiger charge is 2.15. The van der Waals surface area contributed by atoms with Gasteiger partial charge in [-0.2, -0.15) is 13.5 Å². The third kappa shape index (κ3) is 4.63. The minimum Gasteiger partial charge on any atom is -0.433 e. The van der Waals surface area contributed by atoms with Gasteiger partial charge in [0.1, 0.15) is 5.75 Å². The highest BCUT2D eigenvalue weighted by molar-refractivity contribution is 7.99. The molecular formula is C18H17F2N5O2S. The number of anilines is 1. The third-order valence-corrected chi connectivity index (χ3v) is 4.87. The van der Waals surface area contributed by atoms with Crippen LogP contribution in [-0.2, 0) is 4.79 Å². The van der Waals surface area contributed by atoms with Gasteiger partial charge in [-0.25, -0.2) is 0 Å². The van der Waals surface area contributed by atoms with Crippen LogP contribution in [0.5, 0.6) is 5.75 Å². The Morgan fingerprint density at radius 2 is 2.00 bits per heavy atom. The lowest BCUT2D eigenvalue weighted by Crippen LogP contribution is -2.16. The SMILES string of the molecule is Cc1cccc(-n2nnnc2SCC(=O)Nc2ccccc2OC(F)F)c1C. The number of aryl methyl sites for hydroxylation is 1. The van der Waals surface area contributed by atoms with Crippen LogP contribution in [0, 0.1) is 13.8 Å². The van der Waals surface area contributed by atoms with Gasteiger partial charge >= 0.3 is 6.61 Å². The first-order chi connectivity index (χ1) is 13.5. The fourth-order valence-corrected chi connectivity index (χ4v) is 3.15. The third-order valence-electron chi connectivity index (χ3n) is 3.95. The number of benzene rings is 2. The Kier molecular flexibility index (Phi) is 6.19. The van der Waals surface area contributed by atoms with E-state index in [1.807, 2.05) is 32.0 Å². The molecule has 1 N–H and O–H groups in total. The molecule has 10 heteroatoms. The summed E-state index contributed by atoms with van der Waals surface area (Å²) in [5.41, 5.74) is 3.11. The Bertz CT molecular complexity index is 980. The second-order valence-corrected chi connectivity index (χ2v) is 6.75. The number of aromatic nitrogens is 4. The number of amides is 1. The Hall–Kier alpha value is -3.01. The van der Waals surface area contributed by atoms with E-state index in [9.17, 15) is 13.6 Å². The summed E-state index contributed by atoms with van der Waals surface area (Å²) in [6, 6.07) is 11.8. The van der Waals surface area contributed by atoms with Crippen molar-refractivity contribution in [2.24, 2.45) is 0 Å². The maximum atomic E-state index is 12.5. The van der Waals surface area contributed by atoms with E-state index in [2.05, 4.69) is 25.6 Å². The largest absolute Gasteiger partial charge is 0.433 e. The van der Waals surface area contributed by atoms with Crippen molar-refractivity contribution in [3.63, 3.8) is 0 Å². The number of ether oxygens (including phenoxy) is 1. The molecule has 0 aliphatic carbocycles. The highest BCUT2D eigenvalue weighted by Crippen LogP contribution is 2.26. The van der Waals surface area contributed by atoms with Gasteiger partial charge in [0.05, 0.1) is 17.1 Å². The summed E-state index contributed by atoms with van der Waals surface area (Å²) in [4.78, 5) is 12.3. The second-order valence-electron chi connectivity index (χ2n) is 5.80. The van der Waals surface area contributed by atoms with Gasteiger partial charge in [-0.05, 0) is 53.6 Å². The van der Waals surface area contributed by atoms with Crippen LogP contribution < -0.4 is 10.1 Å². The van der Waals surface area contributed by atoms with Gasteiger partial charge in [0.25, 0.3) is 0 Å². The summed E-state index contributed by atoms with van der Waals surface area (Å²) < 4.78 is 30.9. The molecule has 0 saturated heterocycles. The number of tetrazole rings is 1. The van der Waals surface area contributed by atoms with Crippen molar-refractivity contribution in [1.82, 2.24) is 20.2 Å². The van der Waals surface area contributed by atoms with Crippen LogP contribution in [0.2, 0.25) is 0 Å². The van der Waals surface area contributed by atoms with Crippen molar-refractivity contribution in [3.05, 3.63) is 53.6 Å². The molecule has 0 unspecified atom stereocenters. The lowest BCUT2D eigenvalue weighted by atomic mass is 10.1. The molecule has 0 spiro atoms. The Labute approximate surface area is 164 Å². The maximum absolute atomic E-state index is 12.5. The summed E-state index contributed by atoms with van der Waals surface area (Å²) in [5, 5.41) is 14.6. The summed E-state index contributed by atoms with van der Waals surface area (Å²) >= 11 is 1.14. The monoisotopic (exact) mass is 405 g/mol. The summed E-state index contributed by atoms with van der Waals surface area (Å²) in [5.74, 6) is -0.504. The van der Waals surface area contributed by atoms with Crippen LogP contribution in [0.4, 0.5) is 14.5 Å². The molecule has 0 bridgehead atoms. The number of thioether (sulfide) groups is 1. The molecule has 1 heterocycles. The van der Waals surface area contributed by atoms with Crippen molar-refractivity contribution < 1.29 is 18.3 Å². The highest BCUT2D eigenvalue weighted by atomic mass is 32.2. The topological polar surface area (TPSA) is 81.9 Å². The molecule has 3 aromatic rings. The number of alkyl halides is 2. The van der Waals surface area contributed by atoms with Gasteiger partial charge in [0, 0.05) is 0 Å². The van der Waals surface area contributed by atoms with E-state index < -0.39 is 12.5 Å². The van der Waals surface area contributed by atoms with Gasteiger partial charge in [0.15, 0.2) is 0 Å². The standard InChI is InChI=1S/C18H17F2N5O2S/c1-11-6-5-8-14(12(11)2)25-18(22-23-24-25)28-10-16(26)21-13-7-3-4-9-15(13)27-17(19)20/h3-9,17H,10H2,1-2H3,(H,21,26). The molecule has 0 aliphatic rings. The van der Waals surface area contributed by atoms with Crippen LogP contribution in [0.15, 0.2) is 47.6 Å². The first-order valence-corrected chi connectivity index (χ1v) is 9.25. The van der Waals surface area contributed by atoms with Crippen molar-refractivity contribution in [2.75, 3.05) is 11.1 Å². The van der Waals surface area contributed by atoms with Crippen molar-refractivity contribution >= 4 is 23.4 Å². The predicted octanol–water partition coefficient (Wildman–Crippen LogP) is 3.61. The van der Waals surface area contributed by atoms with Crippen LogP contribution in [0.25, 0.3) is 5.69 Å². The normalized spacial score (nSPS) is 10.9. The maximum Gasteiger partial charge on any atom is 0.387 e. The lowest BCUT2D eigenvalue weighted by Gasteiger charge is -2.12. The molecule has 28 heavy (non-hydrogen) atoms. The minimum atomic E-state index is -2.98. The summed E-state index contributed by atoms with van der Waals surface area (Å²) in [6.45, 7) is 0.977. The van der Waals surface area contributed by atoms with Crippen LogP contribution in [0.3, 0.4) is 0 Å². The summed E-state index contributed by atoms with van der Waals surface area (Å²) in [6.07, 6.45) is 0. The van der Waals surface area contributed by atoms with Gasteiger partial charge in [-0.1, -0.05) is 36.0 Å². The molecule has 7 nitrogen and oxygen atoms in total. The zero-order valence-electron chi connectivity index (χ0n) is 15.1. The van der Waals surface area contributed by atoms with E-state index in [4.69, 9.17) is 0 Å². The van der Waals surface area contributed by atoms with Gasteiger partial charge in [0.2, 0.25) is 11.1 Å². The van der Waals surface area contributed by atoms with Gasteiger partial charge in [-0.3, -0.25) is 4.79 Å². The number of halogens is 2. The summed E-state index contributed by atoms with van der Waals surface area (Å²) in [7, 11) is 0. The smallest absolute Gasteiger partial charge is 0.387 e. The number of nitrogens with one attached hydrogen (secondary N) is 1. The van der Waals surface area contributed by atoms with E-state index in [-0.39, 0.29) is 17.2 Å². The molecule has 2 aromatic carbocycles. The molecule has 0 fully saturated rings. The average Bonchev–Trinajstić information content (AvgIpc) is 3.12. The van der Waals surface area contributed by atoms with Crippen molar-refractivity contribution in [3.8, 4) is 11.4 Å². The predicted molar refractivity (Wildman–Crippen MR) is 101 cm³/mol. The van der Waals surface area contributed by atoms with E-state index >= 15 is 0 Å². The zero-order chi connectivity index (χ0) is 20.1. The minimum absolute atomic E-state index is 0.00570. The number of hydrogen-bond donors (Lipinski definition) is 1. The van der Waals surface area contributed by atoms with Crippen molar-refractivity contribution in [1.29, 1.82) is 0 Å².